The lowest BCUT2D eigenvalue weighted by atomic mass is 9.79. The third-order valence-electron chi connectivity index (χ3n) is 6.91. The summed E-state index contributed by atoms with van der Waals surface area (Å²) >= 11 is 0. The van der Waals surface area contributed by atoms with Crippen molar-refractivity contribution < 1.29 is 4.79 Å². The second kappa shape index (κ2) is 8.71. The molecular formula is C26H34N2O. The molecule has 3 unspecified atom stereocenters. The molecule has 154 valence electrons. The van der Waals surface area contributed by atoms with Gasteiger partial charge in [0.05, 0.1) is 6.42 Å². The van der Waals surface area contributed by atoms with Gasteiger partial charge in [0.15, 0.2) is 0 Å². The van der Waals surface area contributed by atoms with Crippen LogP contribution in [0, 0.1) is 5.92 Å². The number of benzene rings is 2. The summed E-state index contributed by atoms with van der Waals surface area (Å²) in [5.41, 5.74) is 13.2. The van der Waals surface area contributed by atoms with Gasteiger partial charge in [0, 0.05) is 20.1 Å². The zero-order chi connectivity index (χ0) is 20.4. The average Bonchev–Trinajstić information content (AvgIpc) is 3.15. The lowest BCUT2D eigenvalue weighted by molar-refractivity contribution is -0.127. The van der Waals surface area contributed by atoms with E-state index in [2.05, 4.69) is 42.5 Å². The minimum atomic E-state index is 0.153. The van der Waals surface area contributed by atoms with Gasteiger partial charge in [0.2, 0.25) is 5.91 Å². The van der Waals surface area contributed by atoms with E-state index in [1.165, 1.54) is 43.2 Å². The van der Waals surface area contributed by atoms with Crippen LogP contribution in [0.4, 0.5) is 0 Å². The maximum atomic E-state index is 11.9. The molecule has 1 saturated carbocycles. The van der Waals surface area contributed by atoms with Gasteiger partial charge in [-0.05, 0) is 84.6 Å². The predicted octanol–water partition coefficient (Wildman–Crippen LogP) is 4.26. The van der Waals surface area contributed by atoms with Crippen LogP contribution in [0.15, 0.2) is 42.5 Å². The van der Waals surface area contributed by atoms with Gasteiger partial charge < -0.3 is 10.6 Å². The molecule has 0 bridgehead atoms. The first-order valence-electron chi connectivity index (χ1n) is 11.1. The molecule has 3 heteroatoms. The van der Waals surface area contributed by atoms with Crippen molar-refractivity contribution in [1.82, 2.24) is 4.90 Å². The predicted molar refractivity (Wildman–Crippen MR) is 119 cm³/mol. The fraction of sp³-hybridized carbons (Fsp3) is 0.500. The number of likely N-dealkylation sites (N-methyl/N-ethyl adjacent to an activating group) is 1. The monoisotopic (exact) mass is 390 g/mol. The fourth-order valence-electron chi connectivity index (χ4n) is 5.06. The van der Waals surface area contributed by atoms with Gasteiger partial charge in [0.1, 0.15) is 0 Å². The van der Waals surface area contributed by atoms with E-state index in [1.807, 2.05) is 14.1 Å². The van der Waals surface area contributed by atoms with Gasteiger partial charge in [-0.25, -0.2) is 0 Å². The lowest BCUT2D eigenvalue weighted by Crippen LogP contribution is -2.23. The molecule has 0 heterocycles. The summed E-state index contributed by atoms with van der Waals surface area (Å²) < 4.78 is 0. The van der Waals surface area contributed by atoms with E-state index in [9.17, 15) is 4.79 Å². The Morgan fingerprint density at radius 1 is 1.00 bits per heavy atom. The van der Waals surface area contributed by atoms with E-state index in [0.717, 1.165) is 18.4 Å². The van der Waals surface area contributed by atoms with E-state index in [-0.39, 0.29) is 5.91 Å². The van der Waals surface area contributed by atoms with E-state index >= 15 is 0 Å². The Kier molecular flexibility index (Phi) is 6.05. The molecule has 2 aromatic carbocycles. The lowest BCUT2D eigenvalue weighted by Gasteiger charge is -2.26. The standard InChI is InChI=1S/C26H34N2O/c1-28(2)26(29)15-19-5-3-18(4-6-19)13-20-7-8-22-16-23(10-9-21(22)14-20)24-11-12-25(27)17-24/h3-6,9-10,16,20,24-25H,7-8,11-15,17,27H2,1-2H3. The molecule has 2 aromatic rings. The summed E-state index contributed by atoms with van der Waals surface area (Å²) in [5.74, 6) is 1.54. The van der Waals surface area contributed by atoms with Crippen LogP contribution in [0.3, 0.4) is 0 Å². The second-order valence-corrected chi connectivity index (χ2v) is 9.39. The van der Waals surface area contributed by atoms with Crippen LogP contribution in [0.5, 0.6) is 0 Å². The Labute approximate surface area is 175 Å². The fourth-order valence-corrected chi connectivity index (χ4v) is 5.06. The van der Waals surface area contributed by atoms with E-state index in [1.54, 1.807) is 16.0 Å². The van der Waals surface area contributed by atoms with Crippen molar-refractivity contribution in [3.05, 3.63) is 70.3 Å². The molecule has 0 saturated heterocycles. The first-order chi connectivity index (χ1) is 14.0. The van der Waals surface area contributed by atoms with E-state index in [4.69, 9.17) is 5.73 Å². The van der Waals surface area contributed by atoms with Crippen molar-refractivity contribution >= 4 is 5.91 Å². The molecule has 4 rings (SSSR count). The zero-order valence-corrected chi connectivity index (χ0v) is 17.9. The molecular weight excluding hydrogens is 356 g/mol. The van der Waals surface area contributed by atoms with Crippen LogP contribution in [-0.4, -0.2) is 30.9 Å². The molecule has 0 aromatic heterocycles. The number of hydrogen-bond donors (Lipinski definition) is 1. The topological polar surface area (TPSA) is 46.3 Å². The second-order valence-electron chi connectivity index (χ2n) is 9.39. The van der Waals surface area contributed by atoms with Crippen LogP contribution in [-0.2, 0) is 30.5 Å². The first kappa shape index (κ1) is 20.2. The van der Waals surface area contributed by atoms with Crippen molar-refractivity contribution in [3.63, 3.8) is 0 Å². The molecule has 2 N–H and O–H groups in total. The molecule has 0 radical (unpaired) electrons. The Morgan fingerprint density at radius 3 is 2.45 bits per heavy atom. The number of fused-ring (bicyclic) bond motifs is 1. The van der Waals surface area contributed by atoms with Gasteiger partial charge in [-0.3, -0.25) is 4.79 Å². The van der Waals surface area contributed by atoms with Crippen LogP contribution in [0.2, 0.25) is 0 Å². The Bertz CT molecular complexity index is 856. The highest BCUT2D eigenvalue weighted by atomic mass is 16.2. The number of nitrogens with zero attached hydrogens (tertiary/aromatic N) is 1. The third kappa shape index (κ3) is 4.90. The molecule has 0 aliphatic heterocycles. The Balaban J connectivity index is 1.36. The number of carbonyl (C=O) groups is 1. The highest BCUT2D eigenvalue weighted by molar-refractivity contribution is 5.78. The molecule has 0 spiro atoms. The summed E-state index contributed by atoms with van der Waals surface area (Å²) in [6, 6.07) is 16.3. The molecule has 1 amide bonds. The molecule has 2 aliphatic rings. The Morgan fingerprint density at radius 2 is 1.76 bits per heavy atom. The Hall–Kier alpha value is -2.13. The third-order valence-corrected chi connectivity index (χ3v) is 6.91. The van der Waals surface area contributed by atoms with Gasteiger partial charge >= 0.3 is 0 Å². The molecule has 1 fully saturated rings. The zero-order valence-electron chi connectivity index (χ0n) is 17.9. The number of nitrogens with two attached hydrogens (primary N) is 1. The SMILES string of the molecule is CN(C)C(=O)Cc1ccc(CC2CCc3cc(C4CCC(N)C4)ccc3C2)cc1. The van der Waals surface area contributed by atoms with Gasteiger partial charge in [-0.2, -0.15) is 0 Å². The van der Waals surface area contributed by atoms with Crippen molar-refractivity contribution in [2.45, 2.75) is 63.3 Å². The molecule has 2 aliphatic carbocycles. The van der Waals surface area contributed by atoms with E-state index < -0.39 is 0 Å². The van der Waals surface area contributed by atoms with Gasteiger partial charge in [-0.1, -0.05) is 42.5 Å². The number of rotatable bonds is 5. The summed E-state index contributed by atoms with van der Waals surface area (Å²) in [5, 5.41) is 0. The van der Waals surface area contributed by atoms with Crippen LogP contribution >= 0.6 is 0 Å². The minimum absolute atomic E-state index is 0.153. The average molecular weight is 391 g/mol. The molecule has 29 heavy (non-hydrogen) atoms. The summed E-state index contributed by atoms with van der Waals surface area (Å²) in [4.78, 5) is 13.5. The van der Waals surface area contributed by atoms with Gasteiger partial charge in [0.25, 0.3) is 0 Å². The quantitative estimate of drug-likeness (QED) is 0.829. The van der Waals surface area contributed by atoms with Gasteiger partial charge in [-0.15, -0.1) is 0 Å². The summed E-state index contributed by atoms with van der Waals surface area (Å²) in [7, 11) is 3.62. The highest BCUT2D eigenvalue weighted by Crippen LogP contribution is 2.36. The van der Waals surface area contributed by atoms with Crippen molar-refractivity contribution in [2.24, 2.45) is 11.7 Å². The van der Waals surface area contributed by atoms with Crippen LogP contribution in [0.1, 0.15) is 59.4 Å². The van der Waals surface area contributed by atoms with Crippen LogP contribution < -0.4 is 5.73 Å². The van der Waals surface area contributed by atoms with E-state index in [0.29, 0.717) is 24.3 Å². The first-order valence-corrected chi connectivity index (χ1v) is 11.1. The van der Waals surface area contributed by atoms with Crippen LogP contribution in [0.25, 0.3) is 0 Å². The normalized spacial score (nSPS) is 23.6. The highest BCUT2D eigenvalue weighted by Gasteiger charge is 2.25. The largest absolute Gasteiger partial charge is 0.349 e. The number of aryl methyl sites for hydroxylation is 1. The maximum absolute atomic E-state index is 11.9. The minimum Gasteiger partial charge on any atom is -0.349 e. The number of hydrogen-bond acceptors (Lipinski definition) is 2. The smallest absolute Gasteiger partial charge is 0.226 e. The summed E-state index contributed by atoms with van der Waals surface area (Å²) in [6.07, 6.45) is 8.82. The molecule has 3 atom stereocenters. The number of amides is 1. The summed E-state index contributed by atoms with van der Waals surface area (Å²) in [6.45, 7) is 0. The van der Waals surface area contributed by atoms with Crippen molar-refractivity contribution in [1.29, 1.82) is 0 Å². The van der Waals surface area contributed by atoms with Crippen molar-refractivity contribution in [3.8, 4) is 0 Å². The maximum Gasteiger partial charge on any atom is 0.226 e. The molecule has 3 nitrogen and oxygen atoms in total. The number of carbonyl (C=O) groups excluding carboxylic acids is 1. The van der Waals surface area contributed by atoms with Crippen molar-refractivity contribution in [2.75, 3.05) is 14.1 Å².